The lowest BCUT2D eigenvalue weighted by Gasteiger charge is -2.22. The summed E-state index contributed by atoms with van der Waals surface area (Å²) in [5.74, 6) is 1.37. The number of hydrogen-bond acceptors (Lipinski definition) is 3. The molecule has 0 saturated carbocycles. The van der Waals surface area contributed by atoms with Crippen molar-refractivity contribution >= 4 is 17.6 Å². The number of ether oxygens (including phenoxy) is 1. The number of aliphatic imine (C=N–C) groups is 1. The van der Waals surface area contributed by atoms with E-state index in [4.69, 9.17) is 4.74 Å². The van der Waals surface area contributed by atoms with Crippen LogP contribution in [0.4, 0.5) is 5.69 Å². The molecular formula is C20H32N4O2. The van der Waals surface area contributed by atoms with Crippen molar-refractivity contribution in [3.8, 4) is 5.75 Å². The number of carbonyl (C=O) groups excluding carboxylic acids is 1. The maximum absolute atomic E-state index is 11.3. The second-order valence-corrected chi connectivity index (χ2v) is 6.18. The molecule has 144 valence electrons. The van der Waals surface area contributed by atoms with Crippen LogP contribution in [0.15, 0.2) is 35.8 Å². The van der Waals surface area contributed by atoms with Gasteiger partial charge in [0.05, 0.1) is 12.8 Å². The molecule has 26 heavy (non-hydrogen) atoms. The van der Waals surface area contributed by atoms with Gasteiger partial charge in [-0.15, -0.1) is 6.58 Å². The second kappa shape index (κ2) is 12.0. The molecule has 0 atom stereocenters. The quantitative estimate of drug-likeness (QED) is 0.290. The fourth-order valence-electron chi connectivity index (χ4n) is 2.64. The Bertz CT molecular complexity index is 614. The van der Waals surface area contributed by atoms with E-state index < -0.39 is 0 Å². The van der Waals surface area contributed by atoms with Crippen LogP contribution >= 0.6 is 0 Å². The summed E-state index contributed by atoms with van der Waals surface area (Å²) in [6.45, 7) is 6.80. The normalized spacial score (nSPS) is 11.0. The van der Waals surface area contributed by atoms with Crippen LogP contribution < -0.4 is 15.4 Å². The summed E-state index contributed by atoms with van der Waals surface area (Å²) in [4.78, 5) is 17.8. The third kappa shape index (κ3) is 7.59. The Morgan fingerprint density at radius 3 is 2.73 bits per heavy atom. The number of benzene rings is 1. The average molecular weight is 361 g/mol. The summed E-state index contributed by atoms with van der Waals surface area (Å²) in [5, 5.41) is 6.16. The van der Waals surface area contributed by atoms with Gasteiger partial charge in [-0.3, -0.25) is 9.79 Å². The Morgan fingerprint density at radius 1 is 1.35 bits per heavy atom. The monoisotopic (exact) mass is 360 g/mol. The first-order valence-corrected chi connectivity index (χ1v) is 8.99. The van der Waals surface area contributed by atoms with E-state index >= 15 is 0 Å². The van der Waals surface area contributed by atoms with Crippen LogP contribution in [0.1, 0.15) is 38.2 Å². The Hall–Kier alpha value is -2.50. The fourth-order valence-corrected chi connectivity index (χ4v) is 2.64. The van der Waals surface area contributed by atoms with Gasteiger partial charge in [-0.25, -0.2) is 0 Å². The first-order valence-electron chi connectivity index (χ1n) is 8.99. The van der Waals surface area contributed by atoms with Crippen molar-refractivity contribution in [3.63, 3.8) is 0 Å². The van der Waals surface area contributed by atoms with Gasteiger partial charge in [-0.1, -0.05) is 18.6 Å². The van der Waals surface area contributed by atoms with Crippen LogP contribution in [0.3, 0.4) is 0 Å². The summed E-state index contributed by atoms with van der Waals surface area (Å²) in [6, 6.07) is 5.74. The van der Waals surface area contributed by atoms with Crippen molar-refractivity contribution in [2.75, 3.05) is 33.1 Å². The maximum Gasteiger partial charge on any atom is 0.221 e. The Balaban J connectivity index is 2.59. The molecule has 6 nitrogen and oxygen atoms in total. The molecule has 0 radical (unpaired) electrons. The van der Waals surface area contributed by atoms with Crippen molar-refractivity contribution in [3.05, 3.63) is 36.4 Å². The van der Waals surface area contributed by atoms with E-state index in [1.54, 1.807) is 14.2 Å². The standard InChI is InChI=1S/C20H32N4O2/c1-6-7-8-9-10-13-24(4)20(21-3)22-15-17-11-12-19(26-5)18(14-17)23-16(2)25/h6,11-12,14H,1,7-10,13,15H2,2-5H3,(H,21,22)(H,23,25). The van der Waals surface area contributed by atoms with Crippen LogP contribution in [-0.4, -0.2) is 44.5 Å². The maximum atomic E-state index is 11.3. The number of nitrogens with one attached hydrogen (secondary N) is 2. The molecule has 0 unspecified atom stereocenters. The minimum atomic E-state index is -0.125. The fraction of sp³-hybridized carbons (Fsp3) is 0.500. The molecule has 0 heterocycles. The number of anilines is 1. The lowest BCUT2D eigenvalue weighted by molar-refractivity contribution is -0.114. The van der Waals surface area contributed by atoms with Gasteiger partial charge < -0.3 is 20.3 Å². The summed E-state index contributed by atoms with van der Waals surface area (Å²) < 4.78 is 5.29. The van der Waals surface area contributed by atoms with Crippen LogP contribution in [0.2, 0.25) is 0 Å². The van der Waals surface area contributed by atoms with E-state index in [0.29, 0.717) is 18.0 Å². The lowest BCUT2D eigenvalue weighted by atomic mass is 10.1. The molecule has 0 spiro atoms. The Kier molecular flexibility index (Phi) is 9.90. The minimum Gasteiger partial charge on any atom is -0.495 e. The van der Waals surface area contributed by atoms with Gasteiger partial charge in [-0.2, -0.15) is 0 Å². The number of carbonyl (C=O) groups is 1. The molecule has 0 aliphatic rings. The number of nitrogens with zero attached hydrogens (tertiary/aromatic N) is 2. The van der Waals surface area contributed by atoms with Crippen LogP contribution in [0.5, 0.6) is 5.75 Å². The van der Waals surface area contributed by atoms with Gasteiger partial charge in [0, 0.05) is 34.1 Å². The summed E-state index contributed by atoms with van der Waals surface area (Å²) in [5.41, 5.74) is 1.71. The van der Waals surface area contributed by atoms with Crippen molar-refractivity contribution in [2.24, 2.45) is 4.99 Å². The van der Waals surface area contributed by atoms with E-state index in [0.717, 1.165) is 30.9 Å². The number of hydrogen-bond donors (Lipinski definition) is 2. The predicted molar refractivity (Wildman–Crippen MR) is 109 cm³/mol. The van der Waals surface area contributed by atoms with E-state index in [-0.39, 0.29) is 5.91 Å². The third-order valence-corrected chi connectivity index (χ3v) is 4.00. The van der Waals surface area contributed by atoms with Gasteiger partial charge in [0.1, 0.15) is 5.75 Å². The molecule has 2 N–H and O–H groups in total. The smallest absolute Gasteiger partial charge is 0.221 e. The molecule has 0 aliphatic heterocycles. The van der Waals surface area contributed by atoms with E-state index in [1.165, 1.54) is 19.8 Å². The number of allylic oxidation sites excluding steroid dienone is 1. The Labute approximate surface area is 157 Å². The molecule has 0 bridgehead atoms. The largest absolute Gasteiger partial charge is 0.495 e. The van der Waals surface area contributed by atoms with Crippen molar-refractivity contribution in [2.45, 2.75) is 39.2 Å². The predicted octanol–water partition coefficient (Wildman–Crippen LogP) is 3.41. The van der Waals surface area contributed by atoms with Crippen molar-refractivity contribution in [1.82, 2.24) is 10.2 Å². The van der Waals surface area contributed by atoms with Crippen LogP contribution in [0.25, 0.3) is 0 Å². The van der Waals surface area contributed by atoms with Gasteiger partial charge in [0.25, 0.3) is 0 Å². The van der Waals surface area contributed by atoms with Gasteiger partial charge in [0.15, 0.2) is 5.96 Å². The molecular weight excluding hydrogens is 328 g/mol. The molecule has 0 saturated heterocycles. The van der Waals surface area contributed by atoms with Crippen molar-refractivity contribution < 1.29 is 9.53 Å². The molecule has 1 rings (SSSR count). The number of methoxy groups -OCH3 is 1. The highest BCUT2D eigenvalue weighted by atomic mass is 16.5. The molecule has 1 aromatic carbocycles. The number of amides is 1. The lowest BCUT2D eigenvalue weighted by Crippen LogP contribution is -2.39. The summed E-state index contributed by atoms with van der Waals surface area (Å²) in [7, 11) is 5.41. The topological polar surface area (TPSA) is 66.0 Å². The Morgan fingerprint density at radius 2 is 2.12 bits per heavy atom. The van der Waals surface area contributed by atoms with Crippen molar-refractivity contribution in [1.29, 1.82) is 0 Å². The highest BCUT2D eigenvalue weighted by Crippen LogP contribution is 2.25. The molecule has 0 aromatic heterocycles. The van der Waals surface area contributed by atoms with Crippen LogP contribution in [0, 0.1) is 0 Å². The van der Waals surface area contributed by atoms with E-state index in [2.05, 4.69) is 27.1 Å². The van der Waals surface area contributed by atoms with E-state index in [1.807, 2.05) is 31.3 Å². The first-order chi connectivity index (χ1) is 12.5. The zero-order valence-electron chi connectivity index (χ0n) is 16.5. The van der Waals surface area contributed by atoms with Gasteiger partial charge in [0.2, 0.25) is 5.91 Å². The van der Waals surface area contributed by atoms with Gasteiger partial charge >= 0.3 is 0 Å². The highest BCUT2D eigenvalue weighted by molar-refractivity contribution is 5.90. The van der Waals surface area contributed by atoms with E-state index in [9.17, 15) is 4.79 Å². The zero-order chi connectivity index (χ0) is 19.4. The number of guanidine groups is 1. The minimum absolute atomic E-state index is 0.125. The average Bonchev–Trinajstić information content (AvgIpc) is 2.61. The number of rotatable bonds is 10. The summed E-state index contributed by atoms with van der Waals surface area (Å²) >= 11 is 0. The third-order valence-electron chi connectivity index (χ3n) is 4.00. The molecule has 0 fully saturated rings. The highest BCUT2D eigenvalue weighted by Gasteiger charge is 2.08. The molecule has 6 heteroatoms. The molecule has 1 amide bonds. The molecule has 0 aliphatic carbocycles. The zero-order valence-corrected chi connectivity index (χ0v) is 16.5. The number of unbranched alkanes of at least 4 members (excludes halogenated alkanes) is 3. The van der Waals surface area contributed by atoms with Crippen LogP contribution in [-0.2, 0) is 11.3 Å². The SMILES string of the molecule is C=CCCCCCN(C)C(=NC)NCc1ccc(OC)c(NC(C)=O)c1. The first kappa shape index (κ1) is 21.5. The molecule has 1 aromatic rings. The second-order valence-electron chi connectivity index (χ2n) is 6.18. The summed E-state index contributed by atoms with van der Waals surface area (Å²) in [6.07, 6.45) is 6.53. The van der Waals surface area contributed by atoms with Gasteiger partial charge in [-0.05, 0) is 37.0 Å².